The minimum absolute atomic E-state index is 0.270. The van der Waals surface area contributed by atoms with Crippen LogP contribution in [0.2, 0.25) is 0 Å². The monoisotopic (exact) mass is 336 g/mol. The van der Waals surface area contributed by atoms with Gasteiger partial charge in [-0.3, -0.25) is 9.59 Å². The Morgan fingerprint density at radius 3 is 1.17 bits per heavy atom. The zero-order chi connectivity index (χ0) is 19.1. The number of carbonyl (C=O) groups is 2. The second kappa shape index (κ2) is 15.4. The molecule has 0 aliphatic carbocycles. The van der Waals surface area contributed by atoms with Crippen LogP contribution in [0.4, 0.5) is 0 Å². The van der Waals surface area contributed by atoms with Crippen molar-refractivity contribution in [1.82, 2.24) is 0 Å². The normalized spacial score (nSPS) is 12.6. The number of rotatable bonds is 12. The van der Waals surface area contributed by atoms with E-state index in [0.717, 1.165) is 38.5 Å². The Morgan fingerprint density at radius 2 is 1.00 bits per heavy atom. The van der Waals surface area contributed by atoms with E-state index in [2.05, 4.69) is 27.0 Å². The van der Waals surface area contributed by atoms with Crippen molar-refractivity contribution in [2.75, 3.05) is 0 Å². The van der Waals surface area contributed by atoms with E-state index in [1.165, 1.54) is 11.1 Å². The smallest absolute Gasteiger partial charge is 0.135 e. The van der Waals surface area contributed by atoms with Gasteiger partial charge in [0.2, 0.25) is 0 Å². The van der Waals surface area contributed by atoms with Crippen LogP contribution in [0.5, 0.6) is 0 Å². The fourth-order valence-corrected chi connectivity index (χ4v) is 2.60. The average molecular weight is 337 g/mol. The Hall–Kier alpha value is -1.18. The molecule has 2 heteroatoms. The summed E-state index contributed by atoms with van der Waals surface area (Å²) in [5.74, 6) is 1.34. The van der Waals surface area contributed by atoms with Crippen molar-refractivity contribution in [2.45, 2.75) is 92.9 Å². The van der Waals surface area contributed by atoms with Gasteiger partial charge in [-0.2, -0.15) is 0 Å². The Balaban J connectivity index is 0. The summed E-state index contributed by atoms with van der Waals surface area (Å²) in [7, 11) is 0. The zero-order valence-electron chi connectivity index (χ0n) is 17.0. The molecule has 2 nitrogen and oxygen atoms in total. The topological polar surface area (TPSA) is 34.1 Å². The molecule has 2 atom stereocenters. The molecular formula is C22H40O2. The van der Waals surface area contributed by atoms with E-state index in [4.69, 9.17) is 0 Å². The van der Waals surface area contributed by atoms with Gasteiger partial charge in [0, 0.05) is 24.7 Å². The first-order valence-electron chi connectivity index (χ1n) is 9.57. The van der Waals surface area contributed by atoms with Gasteiger partial charge in [0.25, 0.3) is 0 Å². The largest absolute Gasteiger partial charge is 0.299 e. The van der Waals surface area contributed by atoms with Gasteiger partial charge >= 0.3 is 0 Å². The van der Waals surface area contributed by atoms with E-state index in [0.29, 0.717) is 24.4 Å². The van der Waals surface area contributed by atoms with Gasteiger partial charge in [0.05, 0.1) is 0 Å². The predicted molar refractivity (Wildman–Crippen MR) is 106 cm³/mol. The summed E-state index contributed by atoms with van der Waals surface area (Å²) in [5.41, 5.74) is 2.36. The molecular weight excluding hydrogens is 296 g/mol. The van der Waals surface area contributed by atoms with Crippen molar-refractivity contribution in [3.63, 3.8) is 0 Å². The molecule has 2 unspecified atom stereocenters. The molecule has 0 radical (unpaired) electrons. The first-order valence-corrected chi connectivity index (χ1v) is 9.57. The molecule has 0 amide bonds. The van der Waals surface area contributed by atoms with Crippen molar-refractivity contribution < 1.29 is 9.59 Å². The second-order valence-corrected chi connectivity index (χ2v) is 6.84. The van der Waals surface area contributed by atoms with Crippen LogP contribution in [0.1, 0.15) is 92.9 Å². The summed E-state index contributed by atoms with van der Waals surface area (Å²) in [6.07, 6.45) is 7.24. The van der Waals surface area contributed by atoms with Gasteiger partial charge in [0.1, 0.15) is 11.6 Å². The lowest BCUT2D eigenvalue weighted by atomic mass is 9.93. The minimum Gasteiger partial charge on any atom is -0.299 e. The Morgan fingerprint density at radius 1 is 0.708 bits per heavy atom. The summed E-state index contributed by atoms with van der Waals surface area (Å²) in [4.78, 5) is 22.7. The lowest BCUT2D eigenvalue weighted by Gasteiger charge is -2.11. The molecule has 0 aromatic rings. The van der Waals surface area contributed by atoms with Gasteiger partial charge in [-0.25, -0.2) is 0 Å². The summed E-state index contributed by atoms with van der Waals surface area (Å²) in [6, 6.07) is 0. The van der Waals surface area contributed by atoms with Crippen molar-refractivity contribution in [3.05, 3.63) is 24.3 Å². The summed E-state index contributed by atoms with van der Waals surface area (Å²) in [6.45, 7) is 19.7. The molecule has 0 aromatic heterocycles. The third-order valence-corrected chi connectivity index (χ3v) is 4.43. The molecule has 0 saturated heterocycles. The summed E-state index contributed by atoms with van der Waals surface area (Å²) < 4.78 is 0. The van der Waals surface area contributed by atoms with Gasteiger partial charge in [-0.1, -0.05) is 38.8 Å². The standard InChI is InChI=1S/2C11H20O/c2*1-5-10(11(12)6-2)8-7-9(3)4/h2*10H,3,5-8H2,1-2,4H3. The zero-order valence-corrected chi connectivity index (χ0v) is 17.0. The highest BCUT2D eigenvalue weighted by atomic mass is 16.1. The van der Waals surface area contributed by atoms with Gasteiger partial charge < -0.3 is 0 Å². The summed E-state index contributed by atoms with van der Waals surface area (Å²) in [5, 5.41) is 0. The van der Waals surface area contributed by atoms with Crippen LogP contribution < -0.4 is 0 Å². The molecule has 0 aromatic carbocycles. The fourth-order valence-electron chi connectivity index (χ4n) is 2.60. The van der Waals surface area contributed by atoms with Crippen molar-refractivity contribution in [3.8, 4) is 0 Å². The Labute approximate surface area is 150 Å². The SMILES string of the molecule is C=C(C)CCC(CC)C(=O)CC.C=C(C)CCC(CC)C(=O)CC. The van der Waals surface area contributed by atoms with Crippen molar-refractivity contribution >= 4 is 11.6 Å². The molecule has 0 fully saturated rings. The van der Waals surface area contributed by atoms with Crippen molar-refractivity contribution in [1.29, 1.82) is 0 Å². The van der Waals surface area contributed by atoms with Gasteiger partial charge in [-0.05, 0) is 52.4 Å². The number of ketones is 2. The number of carbonyl (C=O) groups excluding carboxylic acids is 2. The third kappa shape index (κ3) is 13.3. The predicted octanol–water partition coefficient (Wildman–Crippen LogP) is 6.70. The maximum absolute atomic E-state index is 11.3. The maximum atomic E-state index is 11.3. The van der Waals surface area contributed by atoms with E-state index in [9.17, 15) is 9.59 Å². The van der Waals surface area contributed by atoms with Crippen molar-refractivity contribution in [2.24, 2.45) is 11.8 Å². The number of Topliss-reactive ketones (excluding diaryl/α,β-unsaturated/α-hetero) is 2. The minimum atomic E-state index is 0.270. The lowest BCUT2D eigenvalue weighted by molar-refractivity contribution is -0.123. The molecule has 0 saturated carbocycles. The van der Waals surface area contributed by atoms with Crippen LogP contribution in [0.25, 0.3) is 0 Å². The lowest BCUT2D eigenvalue weighted by Crippen LogP contribution is -2.12. The second-order valence-electron chi connectivity index (χ2n) is 6.84. The van der Waals surface area contributed by atoms with Crippen LogP contribution in [-0.4, -0.2) is 11.6 Å². The van der Waals surface area contributed by atoms with Crippen LogP contribution >= 0.6 is 0 Å². The maximum Gasteiger partial charge on any atom is 0.135 e. The molecule has 0 N–H and O–H groups in total. The molecule has 0 aliphatic rings. The highest BCUT2D eigenvalue weighted by molar-refractivity contribution is 5.80. The van der Waals surface area contributed by atoms with Gasteiger partial charge in [-0.15, -0.1) is 13.2 Å². The fraction of sp³-hybridized carbons (Fsp3) is 0.727. The number of hydrogen-bond donors (Lipinski definition) is 0. The molecule has 24 heavy (non-hydrogen) atoms. The first-order chi connectivity index (χ1) is 11.2. The molecule has 0 bridgehead atoms. The van der Waals surface area contributed by atoms with E-state index < -0.39 is 0 Å². The average Bonchev–Trinajstić information content (AvgIpc) is 2.55. The third-order valence-electron chi connectivity index (χ3n) is 4.43. The molecule has 0 heterocycles. The molecule has 0 aliphatic heterocycles. The molecule has 0 rings (SSSR count). The van der Waals surface area contributed by atoms with E-state index in [1.54, 1.807) is 0 Å². The highest BCUT2D eigenvalue weighted by Gasteiger charge is 2.14. The quantitative estimate of drug-likeness (QED) is 0.372. The molecule has 0 spiro atoms. The van der Waals surface area contributed by atoms with Crippen LogP contribution in [0, 0.1) is 11.8 Å². The van der Waals surface area contributed by atoms with Crippen LogP contribution in [-0.2, 0) is 9.59 Å². The number of hydrogen-bond acceptors (Lipinski definition) is 2. The first kappa shape index (κ1) is 25.1. The van der Waals surface area contributed by atoms with E-state index in [1.807, 2.05) is 27.7 Å². The van der Waals surface area contributed by atoms with Crippen LogP contribution in [0.3, 0.4) is 0 Å². The highest BCUT2D eigenvalue weighted by Crippen LogP contribution is 2.17. The van der Waals surface area contributed by atoms with Gasteiger partial charge in [0.15, 0.2) is 0 Å². The Bertz CT molecular complexity index is 355. The summed E-state index contributed by atoms with van der Waals surface area (Å²) >= 11 is 0. The number of allylic oxidation sites excluding steroid dienone is 2. The van der Waals surface area contributed by atoms with E-state index >= 15 is 0 Å². The molecule has 140 valence electrons. The van der Waals surface area contributed by atoms with E-state index in [-0.39, 0.29) is 11.8 Å². The van der Waals surface area contributed by atoms with Crippen LogP contribution in [0.15, 0.2) is 24.3 Å². The Kier molecular flexibility index (Phi) is 16.0.